The molecule has 21 nitrogen and oxygen atoms in total. The predicted octanol–water partition coefficient (Wildman–Crippen LogP) is -2.60. The van der Waals surface area contributed by atoms with Gasteiger partial charge in [-0.3, -0.25) is 28.0 Å². The van der Waals surface area contributed by atoms with Crippen LogP contribution in [0.15, 0.2) is 22.2 Å². The fraction of sp³-hybridized carbons (Fsp3) is 0.636. The van der Waals surface area contributed by atoms with Crippen LogP contribution >= 0.6 is 7.82 Å². The van der Waals surface area contributed by atoms with Crippen molar-refractivity contribution in [1.29, 1.82) is 0 Å². The van der Waals surface area contributed by atoms with E-state index in [1.54, 1.807) is 13.8 Å². The molecule has 2 aliphatic heterocycles. The molecule has 9 atom stereocenters. The molecule has 0 bridgehead atoms. The summed E-state index contributed by atoms with van der Waals surface area (Å²) in [6, 6.07) is 0. The molecule has 8 N–H and O–H groups in total. The van der Waals surface area contributed by atoms with Crippen LogP contribution in [-0.2, 0) is 32.6 Å². The summed E-state index contributed by atoms with van der Waals surface area (Å²) in [5.41, 5.74) is 9.73. The van der Waals surface area contributed by atoms with Gasteiger partial charge >= 0.3 is 13.5 Å². The number of fused-ring (bicyclic) bond motifs is 1. The number of hydrogen-bond donors (Lipinski definition) is 6. The van der Waals surface area contributed by atoms with Crippen molar-refractivity contribution in [3.63, 3.8) is 0 Å². The van der Waals surface area contributed by atoms with Crippen LogP contribution < -0.4 is 22.7 Å². The second kappa shape index (κ2) is 12.9. The molecule has 44 heavy (non-hydrogen) atoms. The highest BCUT2D eigenvalue weighted by Gasteiger charge is 2.51. The molecule has 3 unspecified atom stereocenters. The normalized spacial score (nSPS) is 30.2. The lowest BCUT2D eigenvalue weighted by atomic mass is 10.1. The Morgan fingerprint density at radius 2 is 1.66 bits per heavy atom. The number of nitrogens with two attached hydrogens (primary N) is 2. The number of H-pyrrole nitrogens is 1. The first-order valence-electron chi connectivity index (χ1n) is 13.4. The Bertz CT molecular complexity index is 1630. The number of nitrogen functional groups attached to an aromatic ring is 2. The molecule has 5 rings (SSSR count). The van der Waals surface area contributed by atoms with Gasteiger partial charge in [0, 0.05) is 13.2 Å². The topological polar surface area (TPSA) is 297 Å². The first kappa shape index (κ1) is 32.0. The molecule has 0 amide bonds. The number of aliphatic hydroxyl groups excluding tert-OH is 2. The van der Waals surface area contributed by atoms with Gasteiger partial charge in [0.05, 0.1) is 19.5 Å². The molecule has 0 aliphatic carbocycles. The van der Waals surface area contributed by atoms with E-state index in [0.29, 0.717) is 0 Å². The Morgan fingerprint density at radius 1 is 1.00 bits per heavy atom. The fourth-order valence-electron chi connectivity index (χ4n) is 5.04. The molecule has 0 spiro atoms. The molecule has 0 aromatic carbocycles. The number of aliphatic hydroxyl groups is 2. The summed E-state index contributed by atoms with van der Waals surface area (Å²) in [5, 5.41) is 20.9. The number of aromatic amines is 1. The minimum absolute atomic E-state index is 0.0346. The monoisotopic (exact) mass is 645 g/mol. The van der Waals surface area contributed by atoms with Crippen LogP contribution in [0.5, 0.6) is 0 Å². The average molecular weight is 646 g/mol. The maximum Gasteiger partial charge on any atom is 0.472 e. The van der Waals surface area contributed by atoms with Crippen LogP contribution in [0.2, 0.25) is 0 Å². The molecule has 2 saturated heterocycles. The summed E-state index contributed by atoms with van der Waals surface area (Å²) in [5.74, 6) is -0.454. The largest absolute Gasteiger partial charge is 0.472 e. The second-order valence-corrected chi connectivity index (χ2v) is 11.1. The van der Waals surface area contributed by atoms with Gasteiger partial charge in [0.1, 0.15) is 43.0 Å². The number of hydrogen-bond acceptors (Lipinski definition) is 17. The predicted molar refractivity (Wildman–Crippen MR) is 146 cm³/mol. The van der Waals surface area contributed by atoms with Gasteiger partial charge in [-0.05, 0) is 13.8 Å². The summed E-state index contributed by atoms with van der Waals surface area (Å²) < 4.78 is 49.0. The summed E-state index contributed by atoms with van der Waals surface area (Å²) in [4.78, 5) is 53.1. The van der Waals surface area contributed by atoms with Gasteiger partial charge in [0.15, 0.2) is 23.6 Å². The van der Waals surface area contributed by atoms with Gasteiger partial charge in [-0.2, -0.15) is 9.97 Å². The number of rotatable bonds is 12. The number of nitrogens with zero attached hydrogens (tertiary/aromatic N) is 6. The van der Waals surface area contributed by atoms with Gasteiger partial charge in [-0.25, -0.2) is 19.3 Å². The van der Waals surface area contributed by atoms with E-state index < -0.39 is 81.4 Å². The van der Waals surface area contributed by atoms with Gasteiger partial charge in [0.25, 0.3) is 5.56 Å². The smallest absolute Gasteiger partial charge is 0.394 e. The van der Waals surface area contributed by atoms with Crippen LogP contribution in [0, 0.1) is 0 Å². The fourth-order valence-corrected chi connectivity index (χ4v) is 6.00. The Balaban J connectivity index is 1.32. The van der Waals surface area contributed by atoms with Crippen LogP contribution in [0.25, 0.3) is 11.2 Å². The molecule has 22 heteroatoms. The third-order valence-corrected chi connectivity index (χ3v) is 7.88. The first-order valence-corrected chi connectivity index (χ1v) is 14.9. The van der Waals surface area contributed by atoms with E-state index in [1.807, 2.05) is 0 Å². The van der Waals surface area contributed by atoms with Crippen LogP contribution in [0.3, 0.4) is 0 Å². The zero-order valence-electron chi connectivity index (χ0n) is 23.4. The SMILES string of the molecule is CCOC1C(OP(=O)(O)OC[C@H]2O[C@@H](n3cnc4c(=O)[nH]c(N)nc43)[C@@H](OCC)[C@H]2O)[C@@H](CO)O[C@H]1n1cnc(N)nc1=O. The molecule has 5 heterocycles. The average Bonchev–Trinajstić information content (AvgIpc) is 3.62. The number of aromatic nitrogens is 7. The zero-order valence-corrected chi connectivity index (χ0v) is 24.3. The van der Waals surface area contributed by atoms with E-state index in [2.05, 4.69) is 24.9 Å². The summed E-state index contributed by atoms with van der Waals surface area (Å²) in [6.45, 7) is 2.20. The maximum atomic E-state index is 13.1. The minimum Gasteiger partial charge on any atom is -0.394 e. The minimum atomic E-state index is -4.97. The molecule has 3 aromatic heterocycles. The van der Waals surface area contributed by atoms with Crippen molar-refractivity contribution in [3.8, 4) is 0 Å². The number of anilines is 2. The van der Waals surface area contributed by atoms with E-state index in [0.717, 1.165) is 10.9 Å². The van der Waals surface area contributed by atoms with Gasteiger partial charge < -0.3 is 45.5 Å². The highest BCUT2D eigenvalue weighted by Crippen LogP contribution is 2.49. The van der Waals surface area contributed by atoms with Gasteiger partial charge in [0.2, 0.25) is 11.9 Å². The Hall–Kier alpha value is -3.37. The van der Waals surface area contributed by atoms with Crippen molar-refractivity contribution in [1.82, 2.24) is 34.1 Å². The number of nitrogens with one attached hydrogen (secondary N) is 1. The molecular formula is C22H32N9O12P. The lowest BCUT2D eigenvalue weighted by molar-refractivity contribution is -0.0732. The number of phosphoric ester groups is 1. The van der Waals surface area contributed by atoms with Crippen molar-refractivity contribution in [2.24, 2.45) is 0 Å². The molecule has 0 saturated carbocycles. The maximum absolute atomic E-state index is 13.1. The molecule has 242 valence electrons. The highest BCUT2D eigenvalue weighted by atomic mass is 31.2. The van der Waals surface area contributed by atoms with E-state index in [9.17, 15) is 29.3 Å². The molecule has 3 aromatic rings. The van der Waals surface area contributed by atoms with Gasteiger partial charge in [-0.15, -0.1) is 0 Å². The Labute approximate surface area is 247 Å². The summed E-state index contributed by atoms with van der Waals surface area (Å²) >= 11 is 0. The van der Waals surface area contributed by atoms with E-state index in [4.69, 9.17) is 39.5 Å². The Morgan fingerprint density at radius 3 is 2.34 bits per heavy atom. The molecule has 0 radical (unpaired) electrons. The van der Waals surface area contributed by atoms with Crippen molar-refractivity contribution < 1.29 is 47.7 Å². The third kappa shape index (κ3) is 6.24. The highest BCUT2D eigenvalue weighted by molar-refractivity contribution is 7.47. The van der Waals surface area contributed by atoms with Crippen molar-refractivity contribution >= 4 is 30.9 Å². The standard InChI is InChI=1S/C22H32N9O12P/c1-3-38-14-12(33)10(42-18(14)30-7-25-11-16(30)27-21(24)28-17(11)34)6-40-44(36,37)43-13-9(5-32)41-19(15(13)39-4-2)31-8-26-20(23)29-22(31)35/h7-10,12-15,18-19,32-33H,3-6H2,1-2H3,(H,36,37)(H2,23,29,35)(H3,24,27,28,34)/t9-,10-,12+,13?,14+,15?,18-,19-/m1/s1. The number of imidazole rings is 1. The quantitative estimate of drug-likeness (QED) is 0.110. The van der Waals surface area contributed by atoms with Crippen LogP contribution in [0.4, 0.5) is 11.9 Å². The molecule has 2 fully saturated rings. The lowest BCUT2D eigenvalue weighted by Crippen LogP contribution is -2.40. The van der Waals surface area contributed by atoms with E-state index >= 15 is 0 Å². The lowest BCUT2D eigenvalue weighted by Gasteiger charge is -2.26. The number of ether oxygens (including phenoxy) is 4. The van der Waals surface area contributed by atoms with Crippen molar-refractivity contribution in [2.45, 2.75) is 62.9 Å². The van der Waals surface area contributed by atoms with Crippen molar-refractivity contribution in [2.75, 3.05) is 37.9 Å². The van der Waals surface area contributed by atoms with Crippen LogP contribution in [-0.4, -0.2) is 112 Å². The summed E-state index contributed by atoms with van der Waals surface area (Å²) in [6.07, 6.45) is -7.49. The van der Waals surface area contributed by atoms with Crippen LogP contribution in [0.1, 0.15) is 26.3 Å². The molecular weight excluding hydrogens is 613 g/mol. The van der Waals surface area contributed by atoms with Gasteiger partial charge in [-0.1, -0.05) is 0 Å². The van der Waals surface area contributed by atoms with E-state index in [1.165, 1.54) is 10.9 Å². The second-order valence-electron chi connectivity index (χ2n) is 9.66. The zero-order chi connectivity index (χ0) is 31.8. The third-order valence-electron chi connectivity index (χ3n) is 6.90. The summed E-state index contributed by atoms with van der Waals surface area (Å²) in [7, 11) is -4.97. The van der Waals surface area contributed by atoms with Crippen molar-refractivity contribution in [3.05, 3.63) is 33.5 Å². The molecule has 2 aliphatic rings. The number of phosphoric acid groups is 1. The Kier molecular flexibility index (Phi) is 9.41. The first-order chi connectivity index (χ1) is 21.0. The van der Waals surface area contributed by atoms with E-state index in [-0.39, 0.29) is 36.3 Å².